The number of rotatable bonds is 4. The second kappa shape index (κ2) is 7.79. The van der Waals surface area contributed by atoms with Crippen molar-refractivity contribution in [3.05, 3.63) is 52.4 Å². The van der Waals surface area contributed by atoms with Gasteiger partial charge in [0.2, 0.25) is 5.76 Å². The second-order valence-electron chi connectivity index (χ2n) is 7.52. The lowest BCUT2D eigenvalue weighted by atomic mass is 9.92. The molecule has 0 spiro atoms. The minimum atomic E-state index is -0.145. The Bertz CT molecular complexity index is 1020. The molecule has 0 aliphatic carbocycles. The van der Waals surface area contributed by atoms with Crippen molar-refractivity contribution in [2.24, 2.45) is 0 Å². The Labute approximate surface area is 168 Å². The number of nitrogens with zero attached hydrogens (tertiary/aromatic N) is 4. The van der Waals surface area contributed by atoms with E-state index in [1.54, 1.807) is 17.9 Å². The Morgan fingerprint density at radius 3 is 2.72 bits per heavy atom. The Kier molecular flexibility index (Phi) is 5.19. The average molecular weight is 396 g/mol. The van der Waals surface area contributed by atoms with Crippen molar-refractivity contribution in [2.75, 3.05) is 13.1 Å². The number of piperidine rings is 1. The van der Waals surface area contributed by atoms with E-state index in [0.29, 0.717) is 30.2 Å². The molecule has 0 radical (unpaired) electrons. The first kappa shape index (κ1) is 19.3. The number of aryl methyl sites for hydroxylation is 3. The summed E-state index contributed by atoms with van der Waals surface area (Å²) < 4.78 is 10.4. The standard InChI is InChI=1S/C21H24N4O4/c1-12-9-18(29-23-12)21(27)25-8-4-5-15(10-25)17-7-6-16(11-26)20(22-17)19-13(2)24-28-14(19)3/h6-7,9,15,26H,4-5,8,10-11H2,1-3H3/t15-/m1/s1. The molecule has 1 amide bonds. The van der Waals surface area contributed by atoms with Gasteiger partial charge in [-0.05, 0) is 39.7 Å². The lowest BCUT2D eigenvalue weighted by molar-refractivity contribution is 0.0664. The molecule has 4 rings (SSSR count). The molecule has 1 atom stereocenters. The average Bonchev–Trinajstić information content (AvgIpc) is 3.32. The molecule has 0 aromatic carbocycles. The summed E-state index contributed by atoms with van der Waals surface area (Å²) in [5, 5.41) is 17.6. The summed E-state index contributed by atoms with van der Waals surface area (Å²) in [6.07, 6.45) is 1.82. The Hall–Kier alpha value is -3.00. The second-order valence-corrected chi connectivity index (χ2v) is 7.52. The summed E-state index contributed by atoms with van der Waals surface area (Å²) in [4.78, 5) is 19.4. The fourth-order valence-corrected chi connectivity index (χ4v) is 3.92. The zero-order valence-corrected chi connectivity index (χ0v) is 16.8. The number of likely N-dealkylation sites (tertiary alicyclic amines) is 1. The molecule has 1 N–H and O–H groups in total. The third-order valence-corrected chi connectivity index (χ3v) is 5.41. The van der Waals surface area contributed by atoms with Crippen molar-refractivity contribution in [1.29, 1.82) is 0 Å². The van der Waals surface area contributed by atoms with E-state index in [2.05, 4.69) is 10.3 Å². The molecule has 0 unspecified atom stereocenters. The molecule has 1 fully saturated rings. The van der Waals surface area contributed by atoms with Gasteiger partial charge >= 0.3 is 0 Å². The molecule has 1 saturated heterocycles. The van der Waals surface area contributed by atoms with Gasteiger partial charge in [0.15, 0.2) is 0 Å². The largest absolute Gasteiger partial charge is 0.392 e. The number of pyridine rings is 1. The van der Waals surface area contributed by atoms with E-state index < -0.39 is 0 Å². The van der Waals surface area contributed by atoms with Gasteiger partial charge < -0.3 is 19.1 Å². The Morgan fingerprint density at radius 2 is 2.07 bits per heavy atom. The molecular weight excluding hydrogens is 372 g/mol. The van der Waals surface area contributed by atoms with E-state index in [9.17, 15) is 9.90 Å². The van der Waals surface area contributed by atoms with Crippen molar-refractivity contribution < 1.29 is 18.9 Å². The minimum absolute atomic E-state index is 0.101. The number of hydrogen-bond donors (Lipinski definition) is 1. The van der Waals surface area contributed by atoms with Crippen LogP contribution in [-0.4, -0.2) is 44.3 Å². The first-order valence-corrected chi connectivity index (χ1v) is 9.74. The van der Waals surface area contributed by atoms with Crippen molar-refractivity contribution in [1.82, 2.24) is 20.2 Å². The van der Waals surface area contributed by atoms with Crippen LogP contribution in [0.3, 0.4) is 0 Å². The zero-order chi connectivity index (χ0) is 20.5. The molecule has 3 aromatic heterocycles. The van der Waals surface area contributed by atoms with Gasteiger partial charge in [-0.15, -0.1) is 0 Å². The van der Waals surface area contributed by atoms with Crippen LogP contribution in [0.25, 0.3) is 11.3 Å². The molecule has 152 valence electrons. The van der Waals surface area contributed by atoms with E-state index in [4.69, 9.17) is 14.0 Å². The molecule has 3 aromatic rings. The lowest BCUT2D eigenvalue weighted by Crippen LogP contribution is -2.39. The number of aliphatic hydroxyl groups excluding tert-OH is 1. The fraction of sp³-hybridized carbons (Fsp3) is 0.429. The predicted molar refractivity (Wildman–Crippen MR) is 104 cm³/mol. The number of carbonyl (C=O) groups excluding carboxylic acids is 1. The summed E-state index contributed by atoms with van der Waals surface area (Å²) >= 11 is 0. The number of carbonyl (C=O) groups is 1. The first-order valence-electron chi connectivity index (χ1n) is 9.74. The van der Waals surface area contributed by atoms with E-state index in [0.717, 1.165) is 35.4 Å². The maximum Gasteiger partial charge on any atom is 0.292 e. The fourth-order valence-electron chi connectivity index (χ4n) is 3.92. The molecule has 8 heteroatoms. The van der Waals surface area contributed by atoms with E-state index >= 15 is 0 Å². The number of aliphatic hydroxyl groups is 1. The molecule has 1 aliphatic rings. The van der Waals surface area contributed by atoms with Gasteiger partial charge in [0.25, 0.3) is 5.91 Å². The molecule has 0 saturated carbocycles. The van der Waals surface area contributed by atoms with Crippen molar-refractivity contribution in [3.8, 4) is 11.3 Å². The van der Waals surface area contributed by atoms with Crippen LogP contribution >= 0.6 is 0 Å². The molecule has 0 bridgehead atoms. The Morgan fingerprint density at radius 1 is 1.24 bits per heavy atom. The van der Waals surface area contributed by atoms with E-state index in [1.807, 2.05) is 26.0 Å². The molecule has 29 heavy (non-hydrogen) atoms. The first-order chi connectivity index (χ1) is 14.0. The smallest absolute Gasteiger partial charge is 0.292 e. The maximum absolute atomic E-state index is 12.8. The van der Waals surface area contributed by atoms with Gasteiger partial charge in [-0.2, -0.15) is 0 Å². The molecular formula is C21H24N4O4. The predicted octanol–water partition coefficient (Wildman–Crippen LogP) is 3.16. The molecule has 4 heterocycles. The van der Waals surface area contributed by atoms with Gasteiger partial charge in [0, 0.05) is 36.3 Å². The highest BCUT2D eigenvalue weighted by atomic mass is 16.5. The quantitative estimate of drug-likeness (QED) is 0.722. The van der Waals surface area contributed by atoms with Crippen LogP contribution in [0.5, 0.6) is 0 Å². The molecule has 8 nitrogen and oxygen atoms in total. The van der Waals surface area contributed by atoms with E-state index in [-0.39, 0.29) is 24.2 Å². The van der Waals surface area contributed by atoms with Gasteiger partial charge in [0.1, 0.15) is 5.76 Å². The van der Waals surface area contributed by atoms with Crippen LogP contribution in [-0.2, 0) is 6.61 Å². The van der Waals surface area contributed by atoms with Crippen LogP contribution in [0.4, 0.5) is 0 Å². The summed E-state index contributed by atoms with van der Waals surface area (Å²) in [6, 6.07) is 5.49. The summed E-state index contributed by atoms with van der Waals surface area (Å²) in [6.45, 7) is 6.62. The third kappa shape index (κ3) is 3.67. The van der Waals surface area contributed by atoms with E-state index in [1.165, 1.54) is 0 Å². The summed E-state index contributed by atoms with van der Waals surface area (Å²) in [5.74, 6) is 0.892. The Balaban J connectivity index is 1.63. The van der Waals surface area contributed by atoms with Crippen LogP contribution in [0, 0.1) is 20.8 Å². The van der Waals surface area contributed by atoms with Crippen LogP contribution < -0.4 is 0 Å². The highest BCUT2D eigenvalue weighted by Gasteiger charge is 2.29. The SMILES string of the molecule is Cc1cc(C(=O)N2CCC[C@@H](c3ccc(CO)c(-c4c(C)noc4C)n3)C2)on1. The minimum Gasteiger partial charge on any atom is -0.392 e. The summed E-state index contributed by atoms with van der Waals surface area (Å²) in [7, 11) is 0. The van der Waals surface area contributed by atoms with Crippen molar-refractivity contribution >= 4 is 5.91 Å². The maximum atomic E-state index is 12.8. The molecule has 1 aliphatic heterocycles. The normalized spacial score (nSPS) is 17.0. The van der Waals surface area contributed by atoms with Crippen molar-refractivity contribution in [3.63, 3.8) is 0 Å². The topological polar surface area (TPSA) is 105 Å². The monoisotopic (exact) mass is 396 g/mol. The third-order valence-electron chi connectivity index (χ3n) is 5.41. The van der Waals surface area contributed by atoms with Gasteiger partial charge in [0.05, 0.1) is 29.3 Å². The van der Waals surface area contributed by atoms with Crippen LogP contribution in [0.15, 0.2) is 27.2 Å². The van der Waals surface area contributed by atoms with Gasteiger partial charge in [-0.3, -0.25) is 9.78 Å². The highest BCUT2D eigenvalue weighted by molar-refractivity contribution is 5.91. The van der Waals surface area contributed by atoms with Gasteiger partial charge in [-0.25, -0.2) is 0 Å². The zero-order valence-electron chi connectivity index (χ0n) is 16.8. The number of hydrogen-bond acceptors (Lipinski definition) is 7. The summed E-state index contributed by atoms with van der Waals surface area (Å²) in [5.41, 5.74) is 4.55. The van der Waals surface area contributed by atoms with Gasteiger partial charge in [-0.1, -0.05) is 16.4 Å². The number of aromatic nitrogens is 3. The lowest BCUT2D eigenvalue weighted by Gasteiger charge is -2.32. The highest BCUT2D eigenvalue weighted by Crippen LogP contribution is 2.32. The van der Waals surface area contributed by atoms with Crippen LogP contribution in [0.2, 0.25) is 0 Å². The van der Waals surface area contributed by atoms with Crippen LogP contribution in [0.1, 0.15) is 57.7 Å². The number of amides is 1. The van der Waals surface area contributed by atoms with Crippen molar-refractivity contribution in [2.45, 2.75) is 46.1 Å².